The lowest BCUT2D eigenvalue weighted by atomic mass is 9.98. The summed E-state index contributed by atoms with van der Waals surface area (Å²) >= 11 is 5.52. The zero-order valence-corrected chi connectivity index (χ0v) is 12.9. The van der Waals surface area contributed by atoms with Gasteiger partial charge in [0.25, 0.3) is 0 Å². The largest absolute Gasteiger partial charge is 0.348 e. The molecule has 0 bridgehead atoms. The summed E-state index contributed by atoms with van der Waals surface area (Å²) in [4.78, 5) is 23.5. The summed E-state index contributed by atoms with van der Waals surface area (Å²) < 4.78 is 0. The van der Waals surface area contributed by atoms with Crippen LogP contribution in [0.1, 0.15) is 37.3 Å². The van der Waals surface area contributed by atoms with Gasteiger partial charge >= 0.3 is 11.8 Å². The topological polar surface area (TPSA) is 58.2 Å². The second-order valence-corrected chi connectivity index (χ2v) is 5.32. The average Bonchev–Trinajstić information content (AvgIpc) is 2.40. The van der Waals surface area contributed by atoms with Crippen LogP contribution in [0.25, 0.3) is 0 Å². The van der Waals surface area contributed by atoms with Crippen molar-refractivity contribution in [1.82, 2.24) is 5.32 Å². The summed E-state index contributed by atoms with van der Waals surface area (Å²) in [6.07, 6.45) is 0.641. The van der Waals surface area contributed by atoms with Crippen LogP contribution in [0.15, 0.2) is 18.2 Å². The van der Waals surface area contributed by atoms with Crippen LogP contribution in [-0.4, -0.2) is 24.2 Å². The molecule has 0 aliphatic heterocycles. The Labute approximate surface area is 124 Å². The lowest BCUT2D eigenvalue weighted by molar-refractivity contribution is -0.136. The molecule has 5 heteroatoms. The summed E-state index contributed by atoms with van der Waals surface area (Å²) in [6.45, 7) is 6.41. The molecule has 0 unspecified atom stereocenters. The van der Waals surface area contributed by atoms with Crippen LogP contribution < -0.4 is 10.6 Å². The van der Waals surface area contributed by atoms with Crippen LogP contribution in [0.5, 0.6) is 0 Å². The molecule has 0 spiro atoms. The molecule has 0 saturated heterocycles. The van der Waals surface area contributed by atoms with Gasteiger partial charge in [0, 0.05) is 18.1 Å². The van der Waals surface area contributed by atoms with E-state index in [0.29, 0.717) is 18.8 Å². The fraction of sp³-hybridized carbons (Fsp3) is 0.467. The summed E-state index contributed by atoms with van der Waals surface area (Å²) in [5.41, 5.74) is 2.69. The van der Waals surface area contributed by atoms with Gasteiger partial charge in [-0.25, -0.2) is 0 Å². The van der Waals surface area contributed by atoms with Gasteiger partial charge in [-0.3, -0.25) is 9.59 Å². The molecule has 2 N–H and O–H groups in total. The van der Waals surface area contributed by atoms with E-state index in [1.807, 2.05) is 39.0 Å². The smallest absolute Gasteiger partial charge is 0.313 e. The number of halogens is 1. The van der Waals surface area contributed by atoms with E-state index in [0.717, 1.165) is 16.8 Å². The zero-order valence-electron chi connectivity index (χ0n) is 12.1. The third-order valence-corrected chi connectivity index (χ3v) is 3.24. The molecule has 110 valence electrons. The number of aryl methyl sites for hydroxylation is 1. The number of anilines is 1. The van der Waals surface area contributed by atoms with E-state index in [-0.39, 0.29) is 5.92 Å². The Kier molecular flexibility index (Phi) is 6.52. The first-order valence-corrected chi connectivity index (χ1v) is 7.25. The van der Waals surface area contributed by atoms with Crippen LogP contribution in [0, 0.1) is 6.92 Å². The Morgan fingerprint density at radius 2 is 1.95 bits per heavy atom. The van der Waals surface area contributed by atoms with Crippen LogP contribution in [0.3, 0.4) is 0 Å². The first-order valence-electron chi connectivity index (χ1n) is 6.72. The molecule has 0 aliphatic carbocycles. The number of para-hydroxylation sites is 1. The summed E-state index contributed by atoms with van der Waals surface area (Å²) in [7, 11) is 0. The van der Waals surface area contributed by atoms with E-state index in [1.54, 1.807) is 0 Å². The van der Waals surface area contributed by atoms with Crippen molar-refractivity contribution < 1.29 is 9.59 Å². The van der Waals surface area contributed by atoms with Crippen molar-refractivity contribution in [3.05, 3.63) is 29.3 Å². The van der Waals surface area contributed by atoms with Crippen molar-refractivity contribution in [2.75, 3.05) is 17.7 Å². The van der Waals surface area contributed by atoms with E-state index in [2.05, 4.69) is 10.6 Å². The van der Waals surface area contributed by atoms with Crippen molar-refractivity contribution in [1.29, 1.82) is 0 Å². The highest BCUT2D eigenvalue weighted by Crippen LogP contribution is 2.27. The minimum absolute atomic E-state index is 0.268. The monoisotopic (exact) mass is 296 g/mol. The van der Waals surface area contributed by atoms with Crippen molar-refractivity contribution in [2.24, 2.45) is 0 Å². The summed E-state index contributed by atoms with van der Waals surface area (Å²) in [6, 6.07) is 5.81. The molecule has 0 heterocycles. The molecule has 0 radical (unpaired) electrons. The summed E-state index contributed by atoms with van der Waals surface area (Å²) in [5.74, 6) is -0.551. The number of hydrogen-bond donors (Lipinski definition) is 2. The predicted octanol–water partition coefficient (Wildman–Crippen LogP) is 2.80. The number of amides is 2. The van der Waals surface area contributed by atoms with Crippen molar-refractivity contribution in [3.63, 3.8) is 0 Å². The maximum atomic E-state index is 11.9. The maximum absolute atomic E-state index is 11.9. The molecule has 2 amide bonds. The van der Waals surface area contributed by atoms with Gasteiger partial charge in [0.05, 0.1) is 0 Å². The maximum Gasteiger partial charge on any atom is 0.313 e. The molecule has 1 rings (SSSR count). The minimum atomic E-state index is -0.643. The first-order chi connectivity index (χ1) is 9.47. The average molecular weight is 297 g/mol. The lowest BCUT2D eigenvalue weighted by Crippen LogP contribution is -2.36. The van der Waals surface area contributed by atoms with Crippen LogP contribution in [0.2, 0.25) is 0 Å². The second-order valence-electron chi connectivity index (χ2n) is 4.95. The third kappa shape index (κ3) is 4.53. The first kappa shape index (κ1) is 16.5. The summed E-state index contributed by atoms with van der Waals surface area (Å²) in [5, 5.41) is 5.24. The molecule has 4 nitrogen and oxygen atoms in total. The molecule has 1 aromatic carbocycles. The highest BCUT2D eigenvalue weighted by Gasteiger charge is 2.17. The molecule has 1 aromatic rings. The van der Waals surface area contributed by atoms with Crippen LogP contribution in [-0.2, 0) is 9.59 Å². The van der Waals surface area contributed by atoms with Gasteiger partial charge < -0.3 is 10.6 Å². The number of rotatable bonds is 5. The van der Waals surface area contributed by atoms with E-state index in [9.17, 15) is 9.59 Å². The third-order valence-electron chi connectivity index (χ3n) is 2.97. The molecule has 0 atom stereocenters. The number of hydrogen-bond acceptors (Lipinski definition) is 2. The van der Waals surface area contributed by atoms with Gasteiger partial charge in [-0.2, -0.15) is 0 Å². The molecular formula is C15H21ClN2O2. The zero-order chi connectivity index (χ0) is 15.1. The van der Waals surface area contributed by atoms with Crippen LogP contribution >= 0.6 is 11.6 Å². The standard InChI is InChI=1S/C15H21ClN2O2/c1-10(2)12-7-4-6-11(3)13(12)18-15(20)14(19)17-9-5-8-16/h4,6-7,10H,5,8-9H2,1-3H3,(H,17,19)(H,18,20). The molecule has 0 saturated carbocycles. The highest BCUT2D eigenvalue weighted by atomic mass is 35.5. The van der Waals surface area contributed by atoms with Gasteiger partial charge in [0.2, 0.25) is 0 Å². The van der Waals surface area contributed by atoms with E-state index < -0.39 is 11.8 Å². The number of alkyl halides is 1. The Hall–Kier alpha value is -1.55. The van der Waals surface area contributed by atoms with Gasteiger partial charge in [0.1, 0.15) is 0 Å². The number of benzene rings is 1. The van der Waals surface area contributed by atoms with E-state index in [4.69, 9.17) is 11.6 Å². The minimum Gasteiger partial charge on any atom is -0.348 e. The lowest BCUT2D eigenvalue weighted by Gasteiger charge is -2.16. The highest BCUT2D eigenvalue weighted by molar-refractivity contribution is 6.39. The van der Waals surface area contributed by atoms with Gasteiger partial charge in [-0.15, -0.1) is 11.6 Å². The fourth-order valence-electron chi connectivity index (χ4n) is 1.86. The quantitative estimate of drug-likeness (QED) is 0.499. The van der Waals surface area contributed by atoms with Gasteiger partial charge in [-0.05, 0) is 30.4 Å². The van der Waals surface area contributed by atoms with Crippen molar-refractivity contribution in [2.45, 2.75) is 33.1 Å². The Balaban J connectivity index is 2.77. The van der Waals surface area contributed by atoms with Crippen molar-refractivity contribution >= 4 is 29.1 Å². The normalized spacial score (nSPS) is 10.4. The molecule has 0 fully saturated rings. The van der Waals surface area contributed by atoms with E-state index >= 15 is 0 Å². The number of carbonyl (C=O) groups excluding carboxylic acids is 2. The van der Waals surface area contributed by atoms with Gasteiger partial charge in [-0.1, -0.05) is 32.0 Å². The van der Waals surface area contributed by atoms with E-state index in [1.165, 1.54) is 0 Å². The molecule has 0 aromatic heterocycles. The predicted molar refractivity (Wildman–Crippen MR) is 82.2 cm³/mol. The second kappa shape index (κ2) is 7.90. The fourth-order valence-corrected chi connectivity index (χ4v) is 2.00. The van der Waals surface area contributed by atoms with Crippen LogP contribution in [0.4, 0.5) is 5.69 Å². The number of nitrogens with one attached hydrogen (secondary N) is 2. The van der Waals surface area contributed by atoms with Crippen molar-refractivity contribution in [3.8, 4) is 0 Å². The molecule has 20 heavy (non-hydrogen) atoms. The van der Waals surface area contributed by atoms with Gasteiger partial charge in [0.15, 0.2) is 0 Å². The SMILES string of the molecule is Cc1cccc(C(C)C)c1NC(=O)C(=O)NCCCCl. The Bertz CT molecular complexity index is 487. The molecular weight excluding hydrogens is 276 g/mol. The Morgan fingerprint density at radius 3 is 2.55 bits per heavy atom. The Morgan fingerprint density at radius 1 is 1.25 bits per heavy atom. The number of carbonyl (C=O) groups is 2. The molecule has 0 aliphatic rings.